The van der Waals surface area contributed by atoms with Crippen molar-refractivity contribution in [3.05, 3.63) is 45.1 Å². The fourth-order valence-electron chi connectivity index (χ4n) is 2.38. The summed E-state index contributed by atoms with van der Waals surface area (Å²) in [4.78, 5) is 23.9. The molecule has 0 aliphatic carbocycles. The summed E-state index contributed by atoms with van der Waals surface area (Å²) in [5.74, 6) is 0.784. The van der Waals surface area contributed by atoms with Crippen molar-refractivity contribution in [3.8, 4) is 11.4 Å². The fourth-order valence-corrected chi connectivity index (χ4v) is 2.38. The van der Waals surface area contributed by atoms with Crippen LogP contribution in [0.2, 0.25) is 0 Å². The van der Waals surface area contributed by atoms with E-state index in [2.05, 4.69) is 15.0 Å². The molecule has 0 aromatic carbocycles. The molecule has 0 aliphatic heterocycles. The van der Waals surface area contributed by atoms with Gasteiger partial charge in [0, 0.05) is 28.2 Å². The molecule has 0 fully saturated rings. The summed E-state index contributed by atoms with van der Waals surface area (Å²) in [7, 11) is 0. The first-order chi connectivity index (χ1) is 8.88. The molecule has 0 radical (unpaired) electrons. The predicted octanol–water partition coefficient (Wildman–Crippen LogP) is 2.88. The van der Waals surface area contributed by atoms with Gasteiger partial charge in [0.1, 0.15) is 5.82 Å². The van der Waals surface area contributed by atoms with E-state index >= 15 is 0 Å². The number of nitrogens with one attached hydrogen (secondary N) is 1. The van der Waals surface area contributed by atoms with Gasteiger partial charge in [-0.2, -0.15) is 0 Å². The standard InChI is InChI=1S/C15H19N3O/c1-8(2)13-11(5)17-14(18-15(13)19)12-6-9(3)16-10(4)7-12/h6-8H,1-5H3,(H,17,18,19). The molecule has 1 N–H and O–H groups in total. The molecule has 4 nitrogen and oxygen atoms in total. The van der Waals surface area contributed by atoms with Crippen LogP contribution in [0.1, 0.15) is 42.4 Å². The van der Waals surface area contributed by atoms with Crippen molar-refractivity contribution in [2.24, 2.45) is 0 Å². The van der Waals surface area contributed by atoms with Crippen LogP contribution in [0.15, 0.2) is 16.9 Å². The van der Waals surface area contributed by atoms with Crippen LogP contribution in [0, 0.1) is 20.8 Å². The minimum Gasteiger partial charge on any atom is -0.306 e. The van der Waals surface area contributed by atoms with Crippen LogP contribution in [-0.4, -0.2) is 15.0 Å². The van der Waals surface area contributed by atoms with E-state index in [-0.39, 0.29) is 11.5 Å². The highest BCUT2D eigenvalue weighted by Gasteiger charge is 2.12. The van der Waals surface area contributed by atoms with Gasteiger partial charge in [-0.3, -0.25) is 9.78 Å². The molecule has 0 saturated heterocycles. The number of hydrogen-bond donors (Lipinski definition) is 1. The number of aromatic amines is 1. The van der Waals surface area contributed by atoms with E-state index in [0.717, 1.165) is 28.2 Å². The molecule has 2 heterocycles. The molecule has 0 aliphatic rings. The average Bonchev–Trinajstić information content (AvgIpc) is 2.25. The smallest absolute Gasteiger partial charge is 0.254 e. The van der Waals surface area contributed by atoms with Crippen molar-refractivity contribution in [3.63, 3.8) is 0 Å². The number of H-pyrrole nitrogens is 1. The van der Waals surface area contributed by atoms with Crippen LogP contribution in [-0.2, 0) is 0 Å². The van der Waals surface area contributed by atoms with Gasteiger partial charge in [-0.1, -0.05) is 13.8 Å². The second-order valence-electron chi connectivity index (χ2n) is 5.21. The van der Waals surface area contributed by atoms with Crippen molar-refractivity contribution >= 4 is 0 Å². The summed E-state index contributed by atoms with van der Waals surface area (Å²) in [6.45, 7) is 9.75. The third-order valence-corrected chi connectivity index (χ3v) is 3.08. The van der Waals surface area contributed by atoms with E-state index in [1.165, 1.54) is 0 Å². The van der Waals surface area contributed by atoms with E-state index in [9.17, 15) is 4.79 Å². The monoisotopic (exact) mass is 257 g/mol. The number of aryl methyl sites for hydroxylation is 3. The van der Waals surface area contributed by atoms with E-state index in [1.807, 2.05) is 46.8 Å². The molecule has 2 aromatic heterocycles. The Morgan fingerprint density at radius 1 is 1.05 bits per heavy atom. The Balaban J connectivity index is 2.62. The van der Waals surface area contributed by atoms with Crippen LogP contribution < -0.4 is 5.56 Å². The van der Waals surface area contributed by atoms with Crippen molar-refractivity contribution in [2.75, 3.05) is 0 Å². The molecule has 19 heavy (non-hydrogen) atoms. The Kier molecular flexibility index (Phi) is 3.51. The highest BCUT2D eigenvalue weighted by atomic mass is 16.1. The van der Waals surface area contributed by atoms with Crippen LogP contribution >= 0.6 is 0 Å². The number of nitrogens with zero attached hydrogens (tertiary/aromatic N) is 2. The molecule has 0 atom stereocenters. The molecule has 2 rings (SSSR count). The normalized spacial score (nSPS) is 11.1. The van der Waals surface area contributed by atoms with E-state index in [1.54, 1.807) is 0 Å². The van der Waals surface area contributed by atoms with E-state index < -0.39 is 0 Å². The van der Waals surface area contributed by atoms with E-state index in [0.29, 0.717) is 5.82 Å². The van der Waals surface area contributed by atoms with Gasteiger partial charge in [0.05, 0.1) is 0 Å². The van der Waals surface area contributed by atoms with Gasteiger partial charge in [-0.05, 0) is 38.8 Å². The maximum atomic E-state index is 12.1. The second kappa shape index (κ2) is 4.96. The maximum Gasteiger partial charge on any atom is 0.254 e. The summed E-state index contributed by atoms with van der Waals surface area (Å²) in [6.07, 6.45) is 0. The molecule has 0 amide bonds. The maximum absolute atomic E-state index is 12.1. The topological polar surface area (TPSA) is 58.6 Å². The molecule has 0 spiro atoms. The fraction of sp³-hybridized carbons (Fsp3) is 0.400. The first kappa shape index (κ1) is 13.5. The zero-order valence-electron chi connectivity index (χ0n) is 12.0. The van der Waals surface area contributed by atoms with Crippen LogP contribution in [0.5, 0.6) is 0 Å². The Bertz CT molecular complexity index is 651. The van der Waals surface area contributed by atoms with Gasteiger partial charge >= 0.3 is 0 Å². The average molecular weight is 257 g/mol. The summed E-state index contributed by atoms with van der Waals surface area (Å²) < 4.78 is 0. The Hall–Kier alpha value is -1.97. The highest BCUT2D eigenvalue weighted by Crippen LogP contribution is 2.19. The first-order valence-electron chi connectivity index (χ1n) is 6.45. The Labute approximate surface area is 112 Å². The SMILES string of the molecule is Cc1cc(-c2nc(C)c(C(C)C)c(=O)[nH]2)cc(C)n1. The zero-order valence-corrected chi connectivity index (χ0v) is 12.0. The lowest BCUT2D eigenvalue weighted by Gasteiger charge is -2.10. The Morgan fingerprint density at radius 2 is 1.63 bits per heavy atom. The van der Waals surface area contributed by atoms with Gasteiger partial charge in [0.2, 0.25) is 0 Å². The van der Waals surface area contributed by atoms with Crippen LogP contribution in [0.3, 0.4) is 0 Å². The highest BCUT2D eigenvalue weighted by molar-refractivity contribution is 5.56. The zero-order chi connectivity index (χ0) is 14.2. The summed E-state index contributed by atoms with van der Waals surface area (Å²) in [5.41, 5.74) is 4.24. The van der Waals surface area contributed by atoms with Crippen molar-refractivity contribution < 1.29 is 0 Å². The quantitative estimate of drug-likeness (QED) is 0.900. The van der Waals surface area contributed by atoms with Crippen LogP contribution in [0.4, 0.5) is 0 Å². The lowest BCUT2D eigenvalue weighted by molar-refractivity contribution is 0.814. The minimum atomic E-state index is -0.0513. The molecule has 2 aromatic rings. The molecule has 0 unspecified atom stereocenters. The van der Waals surface area contributed by atoms with Gasteiger partial charge in [0.25, 0.3) is 5.56 Å². The lowest BCUT2D eigenvalue weighted by atomic mass is 10.0. The second-order valence-corrected chi connectivity index (χ2v) is 5.21. The van der Waals surface area contributed by atoms with Gasteiger partial charge in [-0.15, -0.1) is 0 Å². The lowest BCUT2D eigenvalue weighted by Crippen LogP contribution is -2.18. The first-order valence-corrected chi connectivity index (χ1v) is 6.45. The van der Waals surface area contributed by atoms with Gasteiger partial charge in [0.15, 0.2) is 0 Å². The number of hydrogen-bond acceptors (Lipinski definition) is 3. The van der Waals surface area contributed by atoms with Crippen molar-refractivity contribution in [2.45, 2.75) is 40.5 Å². The number of pyridine rings is 1. The summed E-state index contributed by atoms with van der Waals surface area (Å²) in [5, 5.41) is 0. The summed E-state index contributed by atoms with van der Waals surface area (Å²) >= 11 is 0. The molecular formula is C15H19N3O. The van der Waals surface area contributed by atoms with Gasteiger partial charge < -0.3 is 4.98 Å². The van der Waals surface area contributed by atoms with Crippen molar-refractivity contribution in [1.82, 2.24) is 15.0 Å². The molecule has 0 saturated carbocycles. The predicted molar refractivity (Wildman–Crippen MR) is 76.4 cm³/mol. The summed E-state index contributed by atoms with van der Waals surface area (Å²) in [6, 6.07) is 3.86. The Morgan fingerprint density at radius 3 is 2.11 bits per heavy atom. The third-order valence-electron chi connectivity index (χ3n) is 3.08. The molecule has 100 valence electrons. The van der Waals surface area contributed by atoms with Gasteiger partial charge in [-0.25, -0.2) is 4.98 Å². The number of aromatic nitrogens is 3. The number of rotatable bonds is 2. The van der Waals surface area contributed by atoms with Crippen LogP contribution in [0.25, 0.3) is 11.4 Å². The largest absolute Gasteiger partial charge is 0.306 e. The molecular weight excluding hydrogens is 238 g/mol. The minimum absolute atomic E-state index is 0.0513. The molecule has 0 bridgehead atoms. The van der Waals surface area contributed by atoms with E-state index in [4.69, 9.17) is 0 Å². The third kappa shape index (κ3) is 2.72. The molecule has 4 heteroatoms. The van der Waals surface area contributed by atoms with Crippen molar-refractivity contribution in [1.29, 1.82) is 0 Å².